The maximum Gasteiger partial charge on any atom is 0.166 e. The van der Waals surface area contributed by atoms with Crippen molar-refractivity contribution >= 4 is 50.3 Å². The number of halogens is 2. The number of imidazole rings is 1. The summed E-state index contributed by atoms with van der Waals surface area (Å²) in [5.41, 5.74) is 3.18. The Hall–Kier alpha value is -0.970. The summed E-state index contributed by atoms with van der Waals surface area (Å²) in [5.74, 6) is 0.882. The lowest BCUT2D eigenvalue weighted by atomic mass is 10.2. The highest BCUT2D eigenvalue weighted by Gasteiger charge is 2.04. The zero-order valence-corrected chi connectivity index (χ0v) is 13.0. The molecule has 0 aliphatic rings. The van der Waals surface area contributed by atoms with Gasteiger partial charge >= 0.3 is 0 Å². The summed E-state index contributed by atoms with van der Waals surface area (Å²) in [7, 11) is 0. The zero-order chi connectivity index (χ0) is 13.2. The molecule has 0 saturated heterocycles. The van der Waals surface area contributed by atoms with Gasteiger partial charge in [0, 0.05) is 15.2 Å². The van der Waals surface area contributed by atoms with Gasteiger partial charge in [-0.1, -0.05) is 51.4 Å². The second-order valence-corrected chi connectivity index (χ2v) is 6.44. The minimum absolute atomic E-state index is 0.722. The minimum atomic E-state index is 0.722. The van der Waals surface area contributed by atoms with Gasteiger partial charge in [0.1, 0.15) is 0 Å². The van der Waals surface area contributed by atoms with E-state index in [4.69, 9.17) is 11.6 Å². The first-order valence-electron chi connectivity index (χ1n) is 5.73. The standard InChI is InChI=1S/C14H10BrClN2S/c15-10-3-1-2-9(6-10)8-19-14-17-12-5-4-11(16)7-13(12)18-14/h1-7H,8H2,(H,17,18). The third-order valence-electron chi connectivity index (χ3n) is 2.69. The Balaban J connectivity index is 1.78. The van der Waals surface area contributed by atoms with E-state index in [1.807, 2.05) is 30.3 Å². The lowest BCUT2D eigenvalue weighted by molar-refractivity contribution is 1.08. The molecule has 1 heterocycles. The van der Waals surface area contributed by atoms with Crippen LogP contribution in [0, 0.1) is 0 Å². The number of aromatic amines is 1. The molecule has 2 nitrogen and oxygen atoms in total. The van der Waals surface area contributed by atoms with Gasteiger partial charge in [-0.05, 0) is 35.9 Å². The van der Waals surface area contributed by atoms with Crippen molar-refractivity contribution in [2.45, 2.75) is 10.9 Å². The van der Waals surface area contributed by atoms with Gasteiger partial charge in [0.05, 0.1) is 11.0 Å². The van der Waals surface area contributed by atoms with Crippen molar-refractivity contribution in [1.29, 1.82) is 0 Å². The number of hydrogen-bond acceptors (Lipinski definition) is 2. The SMILES string of the molecule is Clc1ccc2nc(SCc3cccc(Br)c3)[nH]c2c1. The Labute approximate surface area is 128 Å². The molecular weight excluding hydrogens is 344 g/mol. The number of rotatable bonds is 3. The Morgan fingerprint density at radius 2 is 2.11 bits per heavy atom. The van der Waals surface area contributed by atoms with E-state index in [9.17, 15) is 0 Å². The van der Waals surface area contributed by atoms with Crippen LogP contribution in [0.15, 0.2) is 52.1 Å². The topological polar surface area (TPSA) is 28.7 Å². The molecule has 19 heavy (non-hydrogen) atoms. The molecule has 3 aromatic rings. The van der Waals surface area contributed by atoms with Crippen LogP contribution in [0.25, 0.3) is 11.0 Å². The average Bonchev–Trinajstić information content (AvgIpc) is 2.78. The minimum Gasteiger partial charge on any atom is -0.333 e. The van der Waals surface area contributed by atoms with Gasteiger partial charge in [0.2, 0.25) is 0 Å². The molecule has 0 unspecified atom stereocenters. The zero-order valence-electron chi connectivity index (χ0n) is 9.86. The van der Waals surface area contributed by atoms with Crippen LogP contribution in [0.4, 0.5) is 0 Å². The molecular formula is C14H10BrClN2S. The first kappa shape index (κ1) is 13.0. The highest BCUT2D eigenvalue weighted by molar-refractivity contribution is 9.10. The van der Waals surface area contributed by atoms with Crippen LogP contribution in [-0.2, 0) is 5.75 Å². The Kier molecular flexibility index (Phi) is 3.82. The second kappa shape index (κ2) is 5.57. The molecule has 3 rings (SSSR count). The number of nitrogens with one attached hydrogen (secondary N) is 1. The fourth-order valence-corrected chi connectivity index (χ4v) is 3.25. The predicted molar refractivity (Wildman–Crippen MR) is 84.8 cm³/mol. The molecule has 0 spiro atoms. The number of H-pyrrole nitrogens is 1. The normalized spacial score (nSPS) is 11.1. The Bertz CT molecular complexity index is 726. The van der Waals surface area contributed by atoms with Crippen molar-refractivity contribution in [3.8, 4) is 0 Å². The molecule has 0 bridgehead atoms. The molecule has 0 aliphatic carbocycles. The van der Waals surface area contributed by atoms with Crippen LogP contribution >= 0.6 is 39.3 Å². The van der Waals surface area contributed by atoms with Crippen LogP contribution in [0.2, 0.25) is 5.02 Å². The molecule has 0 aliphatic heterocycles. The largest absolute Gasteiger partial charge is 0.333 e. The summed E-state index contributed by atoms with van der Waals surface area (Å²) in [5, 5.41) is 1.64. The van der Waals surface area contributed by atoms with Crippen LogP contribution in [0.5, 0.6) is 0 Å². The van der Waals surface area contributed by atoms with Gasteiger partial charge in [0.15, 0.2) is 5.16 Å². The predicted octanol–water partition coefficient (Wildman–Crippen LogP) is 5.27. The summed E-state index contributed by atoms with van der Waals surface area (Å²) in [6, 6.07) is 14.0. The van der Waals surface area contributed by atoms with Crippen LogP contribution in [0.3, 0.4) is 0 Å². The van der Waals surface area contributed by atoms with E-state index in [0.717, 1.165) is 31.4 Å². The fourth-order valence-electron chi connectivity index (χ4n) is 1.81. The van der Waals surface area contributed by atoms with Gasteiger partial charge < -0.3 is 4.98 Å². The van der Waals surface area contributed by atoms with Crippen molar-refractivity contribution in [3.63, 3.8) is 0 Å². The van der Waals surface area contributed by atoms with E-state index in [0.29, 0.717) is 0 Å². The van der Waals surface area contributed by atoms with Gasteiger partial charge in [-0.3, -0.25) is 0 Å². The van der Waals surface area contributed by atoms with E-state index < -0.39 is 0 Å². The molecule has 0 fully saturated rings. The van der Waals surface area contributed by atoms with E-state index >= 15 is 0 Å². The quantitative estimate of drug-likeness (QED) is 0.650. The molecule has 1 N–H and O–H groups in total. The monoisotopic (exact) mass is 352 g/mol. The smallest absolute Gasteiger partial charge is 0.166 e. The number of fused-ring (bicyclic) bond motifs is 1. The van der Waals surface area contributed by atoms with Gasteiger partial charge in [-0.2, -0.15) is 0 Å². The third-order valence-corrected chi connectivity index (χ3v) is 4.36. The summed E-state index contributed by atoms with van der Waals surface area (Å²) in [4.78, 5) is 7.81. The number of benzene rings is 2. The highest BCUT2D eigenvalue weighted by atomic mass is 79.9. The van der Waals surface area contributed by atoms with Crippen molar-refractivity contribution in [2.75, 3.05) is 0 Å². The first-order chi connectivity index (χ1) is 9.20. The molecule has 0 saturated carbocycles. The van der Waals surface area contributed by atoms with Crippen molar-refractivity contribution in [3.05, 3.63) is 57.5 Å². The lowest BCUT2D eigenvalue weighted by Crippen LogP contribution is -1.81. The van der Waals surface area contributed by atoms with Gasteiger partial charge in [-0.25, -0.2) is 4.98 Å². The van der Waals surface area contributed by atoms with E-state index in [1.165, 1.54) is 5.56 Å². The molecule has 2 aromatic carbocycles. The number of thioether (sulfide) groups is 1. The lowest BCUT2D eigenvalue weighted by Gasteiger charge is -1.99. The summed E-state index contributed by atoms with van der Waals surface area (Å²) >= 11 is 11.1. The van der Waals surface area contributed by atoms with Crippen molar-refractivity contribution < 1.29 is 0 Å². The molecule has 0 amide bonds. The fraction of sp³-hybridized carbons (Fsp3) is 0.0714. The molecule has 1 aromatic heterocycles. The molecule has 0 radical (unpaired) electrons. The first-order valence-corrected chi connectivity index (χ1v) is 7.89. The van der Waals surface area contributed by atoms with Crippen LogP contribution < -0.4 is 0 Å². The van der Waals surface area contributed by atoms with E-state index in [1.54, 1.807) is 11.8 Å². The summed E-state index contributed by atoms with van der Waals surface area (Å²) < 4.78 is 1.10. The third kappa shape index (κ3) is 3.14. The van der Waals surface area contributed by atoms with Crippen LogP contribution in [-0.4, -0.2) is 9.97 Å². The summed E-state index contributed by atoms with van der Waals surface area (Å²) in [6.45, 7) is 0. The maximum absolute atomic E-state index is 5.96. The van der Waals surface area contributed by atoms with E-state index in [-0.39, 0.29) is 0 Å². The number of hydrogen-bond donors (Lipinski definition) is 1. The Morgan fingerprint density at radius 3 is 2.95 bits per heavy atom. The number of nitrogens with zero attached hydrogens (tertiary/aromatic N) is 1. The number of aromatic nitrogens is 2. The highest BCUT2D eigenvalue weighted by Crippen LogP contribution is 2.25. The van der Waals surface area contributed by atoms with E-state index in [2.05, 4.69) is 38.0 Å². The van der Waals surface area contributed by atoms with Crippen molar-refractivity contribution in [1.82, 2.24) is 9.97 Å². The summed E-state index contributed by atoms with van der Waals surface area (Å²) in [6.07, 6.45) is 0. The Morgan fingerprint density at radius 1 is 1.21 bits per heavy atom. The van der Waals surface area contributed by atoms with Crippen molar-refractivity contribution in [2.24, 2.45) is 0 Å². The maximum atomic E-state index is 5.96. The van der Waals surface area contributed by atoms with Crippen LogP contribution in [0.1, 0.15) is 5.56 Å². The second-order valence-electron chi connectivity index (χ2n) is 4.12. The average molecular weight is 354 g/mol. The molecule has 96 valence electrons. The van der Waals surface area contributed by atoms with Gasteiger partial charge in [0.25, 0.3) is 0 Å². The van der Waals surface area contributed by atoms with Gasteiger partial charge in [-0.15, -0.1) is 0 Å². The molecule has 5 heteroatoms. The molecule has 0 atom stereocenters.